The molecule has 0 bridgehead atoms. The predicted molar refractivity (Wildman–Crippen MR) is 74.2 cm³/mol. The summed E-state index contributed by atoms with van der Waals surface area (Å²) in [5.74, 6) is -2.22. The van der Waals surface area contributed by atoms with Crippen molar-refractivity contribution in [3.8, 4) is 11.3 Å². The second-order valence-corrected chi connectivity index (χ2v) is 5.39. The monoisotopic (exact) mass is 365 g/mol. The fraction of sp³-hybridized carbons (Fsp3) is 0.267. The predicted octanol–water partition coefficient (Wildman–Crippen LogP) is 4.74. The average Bonchev–Trinajstić information content (AvgIpc) is 3.01. The van der Waals surface area contributed by atoms with Crippen molar-refractivity contribution in [1.82, 2.24) is 4.98 Å². The average molecular weight is 366 g/mol. The maximum absolute atomic E-state index is 14.1. The Hall–Kier alpha value is -1.77. The molecule has 1 saturated heterocycles. The van der Waals surface area contributed by atoms with E-state index in [2.05, 4.69) is 4.98 Å². The van der Waals surface area contributed by atoms with Crippen molar-refractivity contribution in [1.29, 1.82) is 0 Å². The zero-order valence-corrected chi connectivity index (χ0v) is 12.6. The van der Waals surface area contributed by atoms with Crippen molar-refractivity contribution in [2.24, 2.45) is 0 Å². The smallest absolute Gasteiger partial charge is 0.346 e. The molecule has 0 spiro atoms. The third-order valence-electron chi connectivity index (χ3n) is 3.39. The number of alkyl halides is 3. The van der Waals surface area contributed by atoms with Gasteiger partial charge in [-0.25, -0.2) is 8.78 Å². The summed E-state index contributed by atoms with van der Waals surface area (Å²) in [7, 11) is 0. The Morgan fingerprint density at radius 1 is 1.04 bits per heavy atom. The first-order valence-electron chi connectivity index (χ1n) is 6.72. The van der Waals surface area contributed by atoms with Gasteiger partial charge in [0.15, 0.2) is 6.29 Å². The highest BCUT2D eigenvalue weighted by Crippen LogP contribution is 2.36. The van der Waals surface area contributed by atoms with Gasteiger partial charge in [-0.15, -0.1) is 0 Å². The van der Waals surface area contributed by atoms with Gasteiger partial charge in [-0.3, -0.25) is 4.98 Å². The summed E-state index contributed by atoms with van der Waals surface area (Å²) in [5, 5.41) is -0.00419. The zero-order chi connectivity index (χ0) is 17.5. The molecular weight excluding hydrogens is 357 g/mol. The summed E-state index contributed by atoms with van der Waals surface area (Å²) >= 11 is 5.93. The first-order chi connectivity index (χ1) is 11.3. The number of nitrogens with zero attached hydrogens (tertiary/aromatic N) is 1. The molecule has 3 rings (SSSR count). The summed E-state index contributed by atoms with van der Waals surface area (Å²) in [5.41, 5.74) is -1.91. The minimum Gasteiger partial charge on any atom is -0.346 e. The van der Waals surface area contributed by atoms with Gasteiger partial charge < -0.3 is 9.47 Å². The van der Waals surface area contributed by atoms with Gasteiger partial charge in [0.25, 0.3) is 0 Å². The second kappa shape index (κ2) is 6.27. The molecule has 0 amide bonds. The van der Waals surface area contributed by atoms with E-state index in [-0.39, 0.29) is 22.2 Å². The largest absolute Gasteiger partial charge is 0.417 e. The standard InChI is InChI=1S/C15H9ClF5NO2/c16-10-5-11(17)9(4-8(10)14-23-1-2-24-14)13-12(18)3-7(6-22-13)15(19,20)21/h3-6,14H,1-2H2. The SMILES string of the molecule is Fc1cc(Cl)c(C2OCCO2)cc1-c1ncc(C(F)(F)F)cc1F. The van der Waals surface area contributed by atoms with Crippen LogP contribution in [0.3, 0.4) is 0 Å². The molecule has 1 aromatic heterocycles. The van der Waals surface area contributed by atoms with Crippen LogP contribution in [-0.4, -0.2) is 18.2 Å². The number of hydrogen-bond donors (Lipinski definition) is 0. The fourth-order valence-corrected chi connectivity index (χ4v) is 2.50. The number of ether oxygens (including phenoxy) is 2. The lowest BCUT2D eigenvalue weighted by Crippen LogP contribution is -2.07. The lowest BCUT2D eigenvalue weighted by atomic mass is 10.0. The molecule has 0 N–H and O–H groups in total. The summed E-state index contributed by atoms with van der Waals surface area (Å²) < 4.78 is 76.4. The third-order valence-corrected chi connectivity index (χ3v) is 3.71. The van der Waals surface area contributed by atoms with E-state index < -0.39 is 35.4 Å². The van der Waals surface area contributed by atoms with Crippen LogP contribution in [0.5, 0.6) is 0 Å². The molecule has 2 heterocycles. The molecular formula is C15H9ClF5NO2. The second-order valence-electron chi connectivity index (χ2n) is 4.98. The van der Waals surface area contributed by atoms with Gasteiger partial charge in [0.05, 0.1) is 23.8 Å². The van der Waals surface area contributed by atoms with Crippen LogP contribution < -0.4 is 0 Å². The molecule has 0 radical (unpaired) electrons. The van der Waals surface area contributed by atoms with Crippen molar-refractivity contribution in [3.05, 3.63) is 52.2 Å². The van der Waals surface area contributed by atoms with Crippen LogP contribution in [0.15, 0.2) is 24.4 Å². The minimum absolute atomic E-state index is 0.00419. The number of halogens is 6. The summed E-state index contributed by atoms with van der Waals surface area (Å²) in [6.07, 6.45) is -5.16. The number of benzene rings is 1. The lowest BCUT2D eigenvalue weighted by Gasteiger charge is -2.14. The number of rotatable bonds is 2. The summed E-state index contributed by atoms with van der Waals surface area (Å²) in [4.78, 5) is 3.41. The van der Waals surface area contributed by atoms with E-state index in [9.17, 15) is 22.0 Å². The van der Waals surface area contributed by atoms with Gasteiger partial charge >= 0.3 is 6.18 Å². The minimum atomic E-state index is -4.75. The molecule has 0 aliphatic carbocycles. The van der Waals surface area contributed by atoms with Crippen molar-refractivity contribution in [2.75, 3.05) is 13.2 Å². The topological polar surface area (TPSA) is 31.4 Å². The van der Waals surface area contributed by atoms with Crippen LogP contribution in [-0.2, 0) is 15.7 Å². The van der Waals surface area contributed by atoms with Crippen LogP contribution in [0, 0.1) is 11.6 Å². The van der Waals surface area contributed by atoms with Gasteiger partial charge in [-0.05, 0) is 18.2 Å². The molecule has 3 nitrogen and oxygen atoms in total. The Kier molecular flexibility index (Phi) is 4.46. The number of pyridine rings is 1. The Morgan fingerprint density at radius 3 is 2.29 bits per heavy atom. The molecule has 1 aromatic carbocycles. The normalized spacial score (nSPS) is 15.9. The first-order valence-corrected chi connectivity index (χ1v) is 7.10. The van der Waals surface area contributed by atoms with Gasteiger partial charge in [-0.1, -0.05) is 11.6 Å². The van der Waals surface area contributed by atoms with E-state index >= 15 is 0 Å². The lowest BCUT2D eigenvalue weighted by molar-refractivity contribution is -0.138. The highest BCUT2D eigenvalue weighted by Gasteiger charge is 2.32. The quantitative estimate of drug-likeness (QED) is 0.720. The van der Waals surface area contributed by atoms with Crippen molar-refractivity contribution >= 4 is 11.6 Å². The Bertz CT molecular complexity index is 775. The number of hydrogen-bond acceptors (Lipinski definition) is 3. The maximum atomic E-state index is 14.1. The molecule has 128 valence electrons. The molecule has 1 aliphatic rings. The van der Waals surface area contributed by atoms with E-state index in [1.807, 2.05) is 0 Å². The first kappa shape index (κ1) is 17.1. The third kappa shape index (κ3) is 3.22. The Balaban J connectivity index is 2.07. The van der Waals surface area contributed by atoms with Crippen molar-refractivity contribution in [2.45, 2.75) is 12.5 Å². The van der Waals surface area contributed by atoms with E-state index in [1.165, 1.54) is 0 Å². The van der Waals surface area contributed by atoms with Crippen LogP contribution in [0.1, 0.15) is 17.4 Å². The number of aromatic nitrogens is 1. The Morgan fingerprint density at radius 2 is 1.71 bits per heavy atom. The summed E-state index contributed by atoms with van der Waals surface area (Å²) in [6, 6.07) is 2.33. The molecule has 0 saturated carbocycles. The van der Waals surface area contributed by atoms with Crippen LogP contribution >= 0.6 is 11.6 Å². The van der Waals surface area contributed by atoms with E-state index in [0.717, 1.165) is 12.1 Å². The van der Waals surface area contributed by atoms with E-state index in [4.69, 9.17) is 21.1 Å². The van der Waals surface area contributed by atoms with E-state index in [1.54, 1.807) is 0 Å². The Labute approximate surface area is 138 Å². The summed E-state index contributed by atoms with van der Waals surface area (Å²) in [6.45, 7) is 0.612. The van der Waals surface area contributed by atoms with Crippen LogP contribution in [0.25, 0.3) is 11.3 Å². The molecule has 0 unspecified atom stereocenters. The zero-order valence-electron chi connectivity index (χ0n) is 11.8. The maximum Gasteiger partial charge on any atom is 0.417 e. The van der Waals surface area contributed by atoms with Gasteiger partial charge in [0, 0.05) is 17.3 Å². The van der Waals surface area contributed by atoms with Gasteiger partial charge in [-0.2, -0.15) is 13.2 Å². The van der Waals surface area contributed by atoms with Gasteiger partial charge in [0.1, 0.15) is 17.3 Å². The highest BCUT2D eigenvalue weighted by molar-refractivity contribution is 6.31. The fourth-order valence-electron chi connectivity index (χ4n) is 2.26. The van der Waals surface area contributed by atoms with Crippen LogP contribution in [0.2, 0.25) is 5.02 Å². The van der Waals surface area contributed by atoms with Crippen molar-refractivity contribution in [3.63, 3.8) is 0 Å². The molecule has 1 aliphatic heterocycles. The highest BCUT2D eigenvalue weighted by atomic mass is 35.5. The van der Waals surface area contributed by atoms with Crippen LogP contribution in [0.4, 0.5) is 22.0 Å². The molecule has 24 heavy (non-hydrogen) atoms. The van der Waals surface area contributed by atoms with E-state index in [0.29, 0.717) is 19.4 Å². The molecule has 1 fully saturated rings. The molecule has 2 aromatic rings. The molecule has 9 heteroatoms. The molecule has 0 atom stereocenters. The van der Waals surface area contributed by atoms with Gasteiger partial charge in [0.2, 0.25) is 0 Å². The van der Waals surface area contributed by atoms with Crippen molar-refractivity contribution < 1.29 is 31.4 Å².